The first-order valence-corrected chi connectivity index (χ1v) is 5.67. The summed E-state index contributed by atoms with van der Waals surface area (Å²) in [5.74, 6) is 0.940. The van der Waals surface area contributed by atoms with Crippen molar-refractivity contribution in [2.75, 3.05) is 31.7 Å². The van der Waals surface area contributed by atoms with Crippen LogP contribution in [0, 0.1) is 0 Å². The smallest absolute Gasteiger partial charge is 0.132 e. The van der Waals surface area contributed by atoms with Crippen molar-refractivity contribution in [3.8, 4) is 0 Å². The van der Waals surface area contributed by atoms with Crippen LogP contribution in [0.25, 0.3) is 0 Å². The van der Waals surface area contributed by atoms with Crippen molar-refractivity contribution in [3.63, 3.8) is 0 Å². The third-order valence-electron chi connectivity index (χ3n) is 2.65. The Morgan fingerprint density at radius 2 is 2.25 bits per heavy atom. The third kappa shape index (κ3) is 2.68. The lowest BCUT2D eigenvalue weighted by Gasteiger charge is -2.09. The average Bonchev–Trinajstić information content (AvgIpc) is 2.77. The highest BCUT2D eigenvalue weighted by molar-refractivity contribution is 5.47. The van der Waals surface area contributed by atoms with Crippen LogP contribution in [-0.4, -0.2) is 41.4 Å². The van der Waals surface area contributed by atoms with Crippen LogP contribution in [0.5, 0.6) is 0 Å². The summed E-state index contributed by atoms with van der Waals surface area (Å²) >= 11 is 0. The quantitative estimate of drug-likeness (QED) is 0.683. The Balaban J connectivity index is 1.83. The molecule has 0 radical (unpaired) electrons. The van der Waals surface area contributed by atoms with Gasteiger partial charge in [-0.25, -0.2) is 9.97 Å². The van der Waals surface area contributed by atoms with Crippen molar-refractivity contribution in [3.05, 3.63) is 17.6 Å². The normalized spacial score (nSPS) is 13.8. The molecular formula is C11H17N3O2. The topological polar surface area (TPSA) is 67.3 Å². The molecule has 0 aliphatic heterocycles. The van der Waals surface area contributed by atoms with Gasteiger partial charge in [0.1, 0.15) is 12.1 Å². The van der Waals surface area contributed by atoms with E-state index in [0.717, 1.165) is 18.7 Å². The van der Waals surface area contributed by atoms with Gasteiger partial charge in [-0.3, -0.25) is 0 Å². The number of rotatable bonds is 6. The Morgan fingerprint density at radius 3 is 3.12 bits per heavy atom. The van der Waals surface area contributed by atoms with Gasteiger partial charge in [0.2, 0.25) is 0 Å². The van der Waals surface area contributed by atoms with Gasteiger partial charge in [0.05, 0.1) is 19.8 Å². The summed E-state index contributed by atoms with van der Waals surface area (Å²) < 4.78 is 5.17. The van der Waals surface area contributed by atoms with Crippen molar-refractivity contribution in [1.29, 1.82) is 0 Å². The van der Waals surface area contributed by atoms with Crippen molar-refractivity contribution in [2.24, 2.45) is 0 Å². The van der Waals surface area contributed by atoms with Gasteiger partial charge in [-0.05, 0) is 19.3 Å². The largest absolute Gasteiger partial charge is 0.394 e. The average molecular weight is 223 g/mol. The molecule has 0 saturated carbocycles. The monoisotopic (exact) mass is 223 g/mol. The van der Waals surface area contributed by atoms with Crippen LogP contribution in [0.1, 0.15) is 17.7 Å². The van der Waals surface area contributed by atoms with Crippen LogP contribution in [-0.2, 0) is 17.6 Å². The molecule has 1 aliphatic rings. The second-order valence-corrected chi connectivity index (χ2v) is 3.76. The molecule has 2 rings (SSSR count). The number of ether oxygens (including phenoxy) is 1. The molecule has 1 aromatic rings. The predicted octanol–water partition coefficient (Wildman–Crippen LogP) is 0.386. The Labute approximate surface area is 94.9 Å². The fourth-order valence-corrected chi connectivity index (χ4v) is 1.92. The zero-order valence-electron chi connectivity index (χ0n) is 9.28. The summed E-state index contributed by atoms with van der Waals surface area (Å²) in [4.78, 5) is 8.50. The van der Waals surface area contributed by atoms with E-state index in [4.69, 9.17) is 9.84 Å². The molecule has 0 atom stereocenters. The molecule has 5 heteroatoms. The maximum Gasteiger partial charge on any atom is 0.132 e. The lowest BCUT2D eigenvalue weighted by Crippen LogP contribution is -2.13. The van der Waals surface area contributed by atoms with E-state index in [1.165, 1.54) is 17.7 Å². The zero-order chi connectivity index (χ0) is 11.2. The molecule has 0 aromatic carbocycles. The van der Waals surface area contributed by atoms with Crippen LogP contribution in [0.4, 0.5) is 5.82 Å². The molecule has 0 amide bonds. The Hall–Kier alpha value is -1.20. The number of anilines is 1. The standard InChI is InChI=1S/C11H17N3O2/c15-5-7-16-6-4-12-11-9-2-1-3-10(9)13-8-14-11/h8,15H,1-7H2,(H,12,13,14). The van der Waals surface area contributed by atoms with E-state index in [1.807, 2.05) is 0 Å². The Morgan fingerprint density at radius 1 is 1.31 bits per heavy atom. The number of nitrogens with one attached hydrogen (secondary N) is 1. The number of hydrogen-bond acceptors (Lipinski definition) is 5. The van der Waals surface area contributed by atoms with Crippen molar-refractivity contribution in [2.45, 2.75) is 19.3 Å². The van der Waals surface area contributed by atoms with Crippen molar-refractivity contribution >= 4 is 5.82 Å². The highest BCUT2D eigenvalue weighted by Crippen LogP contribution is 2.24. The van der Waals surface area contributed by atoms with Gasteiger partial charge >= 0.3 is 0 Å². The van der Waals surface area contributed by atoms with Gasteiger partial charge in [0, 0.05) is 17.8 Å². The van der Waals surface area contributed by atoms with E-state index in [2.05, 4.69) is 15.3 Å². The minimum atomic E-state index is 0.0723. The lowest BCUT2D eigenvalue weighted by molar-refractivity contribution is 0.0992. The molecular weight excluding hydrogens is 206 g/mol. The molecule has 16 heavy (non-hydrogen) atoms. The number of aliphatic hydroxyl groups is 1. The lowest BCUT2D eigenvalue weighted by atomic mass is 10.2. The summed E-state index contributed by atoms with van der Waals surface area (Å²) in [6.07, 6.45) is 4.91. The van der Waals surface area contributed by atoms with Crippen LogP contribution < -0.4 is 5.32 Å². The maximum atomic E-state index is 8.54. The molecule has 0 saturated heterocycles. The minimum absolute atomic E-state index is 0.0723. The highest BCUT2D eigenvalue weighted by atomic mass is 16.5. The predicted molar refractivity (Wildman–Crippen MR) is 60.5 cm³/mol. The first-order chi connectivity index (χ1) is 7.92. The summed E-state index contributed by atoms with van der Waals surface area (Å²) in [6, 6.07) is 0. The molecule has 1 aliphatic carbocycles. The van der Waals surface area contributed by atoms with Gasteiger partial charge in [-0.15, -0.1) is 0 Å². The molecule has 1 aromatic heterocycles. The van der Waals surface area contributed by atoms with Crippen molar-refractivity contribution in [1.82, 2.24) is 9.97 Å². The molecule has 2 N–H and O–H groups in total. The first-order valence-electron chi connectivity index (χ1n) is 5.67. The van der Waals surface area contributed by atoms with E-state index >= 15 is 0 Å². The van der Waals surface area contributed by atoms with Crippen LogP contribution in [0.15, 0.2) is 6.33 Å². The number of nitrogens with zero attached hydrogens (tertiary/aromatic N) is 2. The number of hydrogen-bond donors (Lipinski definition) is 2. The fourth-order valence-electron chi connectivity index (χ4n) is 1.92. The van der Waals surface area contributed by atoms with Gasteiger partial charge in [0.15, 0.2) is 0 Å². The van der Waals surface area contributed by atoms with E-state index < -0.39 is 0 Å². The maximum absolute atomic E-state index is 8.54. The van der Waals surface area contributed by atoms with Gasteiger partial charge in [0.25, 0.3) is 0 Å². The first kappa shape index (κ1) is 11.3. The van der Waals surface area contributed by atoms with Gasteiger partial charge < -0.3 is 15.2 Å². The SMILES string of the molecule is OCCOCCNc1ncnc2c1CCC2. The Bertz CT molecular complexity index is 344. The van der Waals surface area contributed by atoms with Crippen molar-refractivity contribution < 1.29 is 9.84 Å². The molecule has 1 heterocycles. The zero-order valence-corrected chi connectivity index (χ0v) is 9.28. The van der Waals surface area contributed by atoms with E-state index in [1.54, 1.807) is 6.33 Å². The summed E-state index contributed by atoms with van der Waals surface area (Å²) in [7, 11) is 0. The molecule has 0 bridgehead atoms. The van der Waals surface area contributed by atoms with E-state index in [0.29, 0.717) is 19.8 Å². The molecule has 0 fully saturated rings. The number of aryl methyl sites for hydroxylation is 1. The van der Waals surface area contributed by atoms with Crippen LogP contribution in [0.3, 0.4) is 0 Å². The number of aliphatic hydroxyl groups excluding tert-OH is 1. The molecule has 5 nitrogen and oxygen atoms in total. The van der Waals surface area contributed by atoms with E-state index in [-0.39, 0.29) is 6.61 Å². The highest BCUT2D eigenvalue weighted by Gasteiger charge is 2.16. The summed E-state index contributed by atoms with van der Waals surface area (Å²) in [6.45, 7) is 1.76. The third-order valence-corrected chi connectivity index (χ3v) is 2.65. The fraction of sp³-hybridized carbons (Fsp3) is 0.636. The number of fused-ring (bicyclic) bond motifs is 1. The van der Waals surface area contributed by atoms with Gasteiger partial charge in [-0.2, -0.15) is 0 Å². The second kappa shape index (κ2) is 5.77. The summed E-state index contributed by atoms with van der Waals surface area (Å²) in [5.41, 5.74) is 2.43. The van der Waals surface area contributed by atoms with Gasteiger partial charge in [-0.1, -0.05) is 0 Å². The Kier molecular flexibility index (Phi) is 4.07. The molecule has 0 spiro atoms. The van der Waals surface area contributed by atoms with E-state index in [9.17, 15) is 0 Å². The summed E-state index contributed by atoms with van der Waals surface area (Å²) in [5, 5.41) is 11.8. The number of aromatic nitrogens is 2. The molecule has 0 unspecified atom stereocenters. The minimum Gasteiger partial charge on any atom is -0.394 e. The second-order valence-electron chi connectivity index (χ2n) is 3.76. The molecule has 88 valence electrons. The van der Waals surface area contributed by atoms with Crippen LogP contribution in [0.2, 0.25) is 0 Å². The van der Waals surface area contributed by atoms with Crippen LogP contribution >= 0.6 is 0 Å².